The summed E-state index contributed by atoms with van der Waals surface area (Å²) in [7, 11) is -3.04. The number of Topliss-reactive ketones (excluding diaryl/α,β-unsaturated/α-hetero) is 1. The van der Waals surface area contributed by atoms with Crippen LogP contribution in [0, 0.1) is 0 Å². The van der Waals surface area contributed by atoms with Gasteiger partial charge in [-0.25, -0.2) is 8.42 Å². The molecule has 0 radical (unpaired) electrons. The maximum atomic E-state index is 12.2. The zero-order valence-electron chi connectivity index (χ0n) is 13.0. The summed E-state index contributed by atoms with van der Waals surface area (Å²) in [6.45, 7) is 0. The van der Waals surface area contributed by atoms with E-state index < -0.39 is 9.84 Å². The van der Waals surface area contributed by atoms with Crippen molar-refractivity contribution in [3.63, 3.8) is 0 Å². The van der Waals surface area contributed by atoms with Gasteiger partial charge in [0.1, 0.15) is 0 Å². The predicted octanol–water partition coefficient (Wildman–Crippen LogP) is 0.447. The molecule has 2 heterocycles. The zero-order valence-corrected chi connectivity index (χ0v) is 13.8. The van der Waals surface area contributed by atoms with Crippen molar-refractivity contribution in [1.29, 1.82) is 0 Å². The molecule has 0 bridgehead atoms. The number of hydrogen-bond acceptors (Lipinski definition) is 5. The molecule has 7 nitrogen and oxygen atoms in total. The second-order valence-corrected chi connectivity index (χ2v) is 8.42. The molecule has 1 fully saturated rings. The summed E-state index contributed by atoms with van der Waals surface area (Å²) in [6.07, 6.45) is 0.746. The molecule has 1 aromatic carbocycles. The number of carbonyl (C=O) groups is 3. The lowest BCUT2D eigenvalue weighted by Crippen LogP contribution is -2.35. The molecule has 0 spiro atoms. The topological polar surface area (TPSA) is 109 Å². The fourth-order valence-electron chi connectivity index (χ4n) is 2.98. The molecule has 2 aliphatic rings. The maximum absolute atomic E-state index is 12.2. The zero-order chi connectivity index (χ0) is 17.3. The van der Waals surface area contributed by atoms with Crippen LogP contribution in [0.1, 0.15) is 35.2 Å². The van der Waals surface area contributed by atoms with E-state index in [0.717, 1.165) is 11.3 Å². The highest BCUT2D eigenvalue weighted by molar-refractivity contribution is 7.91. The third-order valence-corrected chi connectivity index (χ3v) is 6.00. The summed E-state index contributed by atoms with van der Waals surface area (Å²) in [5, 5.41) is 5.36. The van der Waals surface area contributed by atoms with Gasteiger partial charge in [-0.3, -0.25) is 14.4 Å². The summed E-state index contributed by atoms with van der Waals surface area (Å²) in [5.41, 5.74) is 1.98. The first-order chi connectivity index (χ1) is 11.3. The second-order valence-electron chi connectivity index (χ2n) is 6.19. The monoisotopic (exact) mass is 350 g/mol. The van der Waals surface area contributed by atoms with Gasteiger partial charge in [-0.05, 0) is 30.2 Å². The first kappa shape index (κ1) is 16.6. The molecule has 0 aliphatic carbocycles. The highest BCUT2D eigenvalue weighted by atomic mass is 32.2. The largest absolute Gasteiger partial charge is 0.352 e. The Kier molecular flexibility index (Phi) is 4.40. The van der Waals surface area contributed by atoms with Crippen molar-refractivity contribution >= 4 is 33.1 Å². The highest BCUT2D eigenvalue weighted by Gasteiger charge is 2.29. The second kappa shape index (κ2) is 6.35. The lowest BCUT2D eigenvalue weighted by Gasteiger charge is -2.10. The summed E-state index contributed by atoms with van der Waals surface area (Å²) in [6, 6.07) is 4.65. The molecule has 1 saturated heterocycles. The Morgan fingerprint density at radius 1 is 1.25 bits per heavy atom. The number of fused-ring (bicyclic) bond motifs is 1. The van der Waals surface area contributed by atoms with Crippen molar-refractivity contribution in [2.45, 2.75) is 31.7 Å². The van der Waals surface area contributed by atoms with Crippen molar-refractivity contribution in [2.24, 2.45) is 0 Å². The molecule has 128 valence electrons. The number of rotatable bonds is 5. The SMILES string of the molecule is O=C1Cc2cc(C(=O)CCC(=O)NC3CCS(=O)(=O)C3)ccc2N1. The van der Waals surface area contributed by atoms with Crippen LogP contribution in [0.4, 0.5) is 5.69 Å². The molecule has 2 aliphatic heterocycles. The Labute approximate surface area is 139 Å². The molecular weight excluding hydrogens is 332 g/mol. The molecule has 24 heavy (non-hydrogen) atoms. The maximum Gasteiger partial charge on any atom is 0.228 e. The van der Waals surface area contributed by atoms with Crippen LogP contribution in [0.3, 0.4) is 0 Å². The molecule has 1 unspecified atom stereocenters. The standard InChI is InChI=1S/C16H18N2O5S/c19-14(10-1-2-13-11(7-10)8-16(21)18-13)3-4-15(20)17-12-5-6-24(22,23)9-12/h1-2,7,12H,3-6,8-9H2,(H,17,20)(H,18,21). The van der Waals surface area contributed by atoms with Gasteiger partial charge in [0.05, 0.1) is 17.9 Å². The van der Waals surface area contributed by atoms with E-state index in [1.807, 2.05) is 0 Å². The van der Waals surface area contributed by atoms with E-state index in [1.165, 1.54) is 0 Å². The van der Waals surface area contributed by atoms with E-state index in [0.29, 0.717) is 12.0 Å². The summed E-state index contributed by atoms with van der Waals surface area (Å²) >= 11 is 0. The van der Waals surface area contributed by atoms with Gasteiger partial charge in [0.2, 0.25) is 11.8 Å². The summed E-state index contributed by atoms with van der Waals surface area (Å²) in [4.78, 5) is 35.4. The van der Waals surface area contributed by atoms with Crippen LogP contribution in [-0.2, 0) is 25.8 Å². The van der Waals surface area contributed by atoms with Crippen LogP contribution in [0.2, 0.25) is 0 Å². The number of benzene rings is 1. The van der Waals surface area contributed by atoms with Crippen molar-refractivity contribution in [3.8, 4) is 0 Å². The number of amides is 2. The first-order valence-corrected chi connectivity index (χ1v) is 9.60. The van der Waals surface area contributed by atoms with E-state index in [1.54, 1.807) is 18.2 Å². The minimum Gasteiger partial charge on any atom is -0.352 e. The van der Waals surface area contributed by atoms with Crippen LogP contribution >= 0.6 is 0 Å². The molecule has 0 saturated carbocycles. The Balaban J connectivity index is 1.52. The van der Waals surface area contributed by atoms with Gasteiger partial charge in [0.15, 0.2) is 15.6 Å². The molecular formula is C16H18N2O5S. The van der Waals surface area contributed by atoms with E-state index in [2.05, 4.69) is 10.6 Å². The summed E-state index contributed by atoms with van der Waals surface area (Å²) < 4.78 is 22.7. The smallest absolute Gasteiger partial charge is 0.228 e. The van der Waals surface area contributed by atoms with Crippen LogP contribution in [0.25, 0.3) is 0 Å². The minimum atomic E-state index is -3.04. The number of sulfone groups is 1. The molecule has 3 rings (SSSR count). The van der Waals surface area contributed by atoms with Gasteiger partial charge >= 0.3 is 0 Å². The van der Waals surface area contributed by atoms with E-state index in [-0.39, 0.29) is 54.4 Å². The molecule has 8 heteroatoms. The van der Waals surface area contributed by atoms with E-state index in [4.69, 9.17) is 0 Å². The average molecular weight is 350 g/mol. The number of ketones is 1. The van der Waals surface area contributed by atoms with Crippen LogP contribution in [-0.4, -0.2) is 43.6 Å². The van der Waals surface area contributed by atoms with Gasteiger partial charge < -0.3 is 10.6 Å². The van der Waals surface area contributed by atoms with Crippen molar-refractivity contribution in [2.75, 3.05) is 16.8 Å². The molecule has 2 amide bonds. The van der Waals surface area contributed by atoms with Gasteiger partial charge in [-0.15, -0.1) is 0 Å². The minimum absolute atomic E-state index is 0.0175. The third kappa shape index (κ3) is 3.81. The Bertz CT molecular complexity index is 816. The van der Waals surface area contributed by atoms with Gasteiger partial charge in [-0.2, -0.15) is 0 Å². The van der Waals surface area contributed by atoms with Crippen LogP contribution in [0.5, 0.6) is 0 Å². The third-order valence-electron chi connectivity index (χ3n) is 4.23. The molecule has 1 aromatic rings. The predicted molar refractivity (Wildman–Crippen MR) is 87.5 cm³/mol. The Morgan fingerprint density at radius 2 is 2.04 bits per heavy atom. The number of carbonyl (C=O) groups excluding carboxylic acids is 3. The van der Waals surface area contributed by atoms with Gasteiger partial charge in [0, 0.05) is 30.1 Å². The average Bonchev–Trinajstić information content (AvgIpc) is 3.04. The fraction of sp³-hybridized carbons (Fsp3) is 0.438. The number of hydrogen-bond donors (Lipinski definition) is 2. The highest BCUT2D eigenvalue weighted by Crippen LogP contribution is 2.24. The summed E-state index contributed by atoms with van der Waals surface area (Å²) in [5.74, 6) is -0.521. The van der Waals surface area contributed by atoms with E-state index in [9.17, 15) is 22.8 Å². The lowest BCUT2D eigenvalue weighted by atomic mass is 10.0. The first-order valence-electron chi connectivity index (χ1n) is 7.78. The Morgan fingerprint density at radius 3 is 2.75 bits per heavy atom. The normalized spacial score (nSPS) is 21.2. The fourth-order valence-corrected chi connectivity index (χ4v) is 4.66. The number of nitrogens with one attached hydrogen (secondary N) is 2. The van der Waals surface area contributed by atoms with Crippen molar-refractivity contribution in [3.05, 3.63) is 29.3 Å². The molecule has 1 atom stereocenters. The van der Waals surface area contributed by atoms with Crippen molar-refractivity contribution in [1.82, 2.24) is 5.32 Å². The molecule has 0 aromatic heterocycles. The van der Waals surface area contributed by atoms with Crippen molar-refractivity contribution < 1.29 is 22.8 Å². The Hall–Kier alpha value is -2.22. The quantitative estimate of drug-likeness (QED) is 0.749. The van der Waals surface area contributed by atoms with Crippen LogP contribution in [0.15, 0.2) is 18.2 Å². The lowest BCUT2D eigenvalue weighted by molar-refractivity contribution is -0.121. The number of anilines is 1. The molecule has 2 N–H and O–H groups in total. The van der Waals surface area contributed by atoms with Gasteiger partial charge in [0.25, 0.3) is 0 Å². The van der Waals surface area contributed by atoms with Gasteiger partial charge in [-0.1, -0.05) is 0 Å². The van der Waals surface area contributed by atoms with Crippen LogP contribution < -0.4 is 10.6 Å². The van der Waals surface area contributed by atoms with E-state index >= 15 is 0 Å².